The molecule has 0 aromatic heterocycles. The van der Waals surface area contributed by atoms with E-state index >= 15 is 0 Å². The largest absolute Gasteiger partial charge is 0.481 e. The first-order valence-corrected chi connectivity index (χ1v) is 13.2. The van der Waals surface area contributed by atoms with Gasteiger partial charge in [0.25, 0.3) is 0 Å². The van der Waals surface area contributed by atoms with Crippen LogP contribution in [-0.4, -0.2) is 40.1 Å². The van der Waals surface area contributed by atoms with Gasteiger partial charge in [0.05, 0.1) is 18.2 Å². The molecule has 2 saturated carbocycles. The molecule has 2 aromatic rings. The van der Waals surface area contributed by atoms with Crippen LogP contribution in [0.4, 0.5) is 14.9 Å². The van der Waals surface area contributed by atoms with E-state index in [1.807, 2.05) is 11.0 Å². The number of carbonyl (C=O) groups excluding carboxylic acids is 2. The molecule has 1 heterocycles. The summed E-state index contributed by atoms with van der Waals surface area (Å²) in [6, 6.07) is 10.9. The van der Waals surface area contributed by atoms with Gasteiger partial charge in [-0.25, -0.2) is 9.18 Å². The van der Waals surface area contributed by atoms with E-state index in [-0.39, 0.29) is 48.6 Å². The Morgan fingerprint density at radius 2 is 1.84 bits per heavy atom. The number of ether oxygens (including phenoxy) is 1. The minimum Gasteiger partial charge on any atom is -0.481 e. The van der Waals surface area contributed by atoms with Crippen molar-refractivity contribution in [3.05, 3.63) is 64.4 Å². The van der Waals surface area contributed by atoms with Gasteiger partial charge in [0.2, 0.25) is 5.91 Å². The van der Waals surface area contributed by atoms with Crippen molar-refractivity contribution in [3.63, 3.8) is 0 Å². The van der Waals surface area contributed by atoms with Crippen LogP contribution in [0, 0.1) is 11.7 Å². The zero-order valence-electron chi connectivity index (χ0n) is 20.6. The van der Waals surface area contributed by atoms with Gasteiger partial charge in [-0.2, -0.15) is 0 Å². The molecule has 2 aromatic carbocycles. The molecule has 0 radical (unpaired) electrons. The number of fused-ring (bicyclic) bond motifs is 2. The summed E-state index contributed by atoms with van der Waals surface area (Å²) >= 11 is 6.40. The maximum absolute atomic E-state index is 13.6. The van der Waals surface area contributed by atoms with Gasteiger partial charge in [-0.3, -0.25) is 14.5 Å². The summed E-state index contributed by atoms with van der Waals surface area (Å²) in [6.07, 6.45) is 2.90. The van der Waals surface area contributed by atoms with Crippen LogP contribution in [0.3, 0.4) is 0 Å². The van der Waals surface area contributed by atoms with Crippen LogP contribution in [0.1, 0.15) is 75.1 Å². The quantitative estimate of drug-likeness (QED) is 0.458. The first-order chi connectivity index (χ1) is 17.7. The van der Waals surface area contributed by atoms with Gasteiger partial charge in [-0.15, -0.1) is 0 Å². The highest BCUT2D eigenvalue weighted by atomic mass is 35.5. The van der Waals surface area contributed by atoms with Gasteiger partial charge in [-0.1, -0.05) is 36.2 Å². The van der Waals surface area contributed by atoms with Crippen LogP contribution in [0.2, 0.25) is 5.02 Å². The fraction of sp³-hybridized carbons (Fsp3) is 0.464. The second-order valence-corrected chi connectivity index (χ2v) is 10.6. The van der Waals surface area contributed by atoms with E-state index in [1.54, 1.807) is 36.1 Å². The number of carboxylic acid groups (broad SMARTS) is 1. The summed E-state index contributed by atoms with van der Waals surface area (Å²) in [5, 5.41) is 9.62. The number of halogens is 2. The van der Waals surface area contributed by atoms with Crippen LogP contribution in [0.15, 0.2) is 42.5 Å². The highest BCUT2D eigenvalue weighted by Gasteiger charge is 2.52. The van der Waals surface area contributed by atoms with Crippen LogP contribution in [0.25, 0.3) is 0 Å². The van der Waals surface area contributed by atoms with E-state index in [0.29, 0.717) is 16.3 Å². The highest BCUT2D eigenvalue weighted by molar-refractivity contribution is 6.31. The summed E-state index contributed by atoms with van der Waals surface area (Å²) in [6.45, 7) is 1.75. The highest BCUT2D eigenvalue weighted by Crippen LogP contribution is 2.53. The molecule has 7 nitrogen and oxygen atoms in total. The lowest BCUT2D eigenvalue weighted by Crippen LogP contribution is -2.53. The average molecular weight is 529 g/mol. The van der Waals surface area contributed by atoms with E-state index < -0.39 is 18.2 Å². The second kappa shape index (κ2) is 10.3. The molecule has 2 aliphatic carbocycles. The van der Waals surface area contributed by atoms with Gasteiger partial charge >= 0.3 is 12.1 Å². The molecule has 37 heavy (non-hydrogen) atoms. The van der Waals surface area contributed by atoms with E-state index in [1.165, 1.54) is 12.1 Å². The third kappa shape index (κ3) is 5.17. The van der Waals surface area contributed by atoms with Crippen molar-refractivity contribution in [1.29, 1.82) is 0 Å². The number of benzene rings is 2. The molecule has 5 rings (SSSR count). The number of hydrogen-bond acceptors (Lipinski definition) is 4. The van der Waals surface area contributed by atoms with Crippen molar-refractivity contribution in [3.8, 4) is 0 Å². The lowest BCUT2D eigenvalue weighted by Gasteiger charge is -2.47. The Morgan fingerprint density at radius 1 is 1.11 bits per heavy atom. The van der Waals surface area contributed by atoms with Crippen molar-refractivity contribution in [1.82, 2.24) is 4.90 Å². The van der Waals surface area contributed by atoms with E-state index in [4.69, 9.17) is 21.4 Å². The maximum Gasteiger partial charge on any atom is 0.415 e. The number of carbonyl (C=O) groups is 3. The van der Waals surface area contributed by atoms with Crippen molar-refractivity contribution in [2.24, 2.45) is 5.92 Å². The molecule has 2 amide bonds. The molecular formula is C28H30ClFN2O5. The number of rotatable bonds is 7. The fourth-order valence-corrected chi connectivity index (χ4v) is 6.09. The summed E-state index contributed by atoms with van der Waals surface area (Å²) in [5.41, 5.74) is 2.13. The van der Waals surface area contributed by atoms with Crippen molar-refractivity contribution < 1.29 is 28.6 Å². The standard InChI is InChI=1S/C28H30ClFN2O5/c1-16(17-5-8-19(30)9-6-17)37-28(36)32-23-4-2-3-21(23)27(22-12-7-18(29)15-24(22)32)31(20-10-11-20)25(33)13-14-26(34)35/h5-9,12,15-16,20-21,23,27H,2-4,10-11,13-14H2,1H3,(H,34,35). The van der Waals surface area contributed by atoms with Crippen molar-refractivity contribution >= 4 is 35.3 Å². The zero-order valence-corrected chi connectivity index (χ0v) is 21.4. The Morgan fingerprint density at radius 3 is 2.51 bits per heavy atom. The molecule has 1 aliphatic heterocycles. The number of nitrogens with zero attached hydrogens (tertiary/aromatic N) is 2. The molecule has 4 atom stereocenters. The smallest absolute Gasteiger partial charge is 0.415 e. The predicted molar refractivity (Wildman–Crippen MR) is 136 cm³/mol. The van der Waals surface area contributed by atoms with Gasteiger partial charge in [0, 0.05) is 29.4 Å². The van der Waals surface area contributed by atoms with Crippen molar-refractivity contribution in [2.45, 2.75) is 76.1 Å². The molecule has 0 saturated heterocycles. The third-order valence-electron chi connectivity index (χ3n) is 7.73. The molecule has 1 N–H and O–H groups in total. The predicted octanol–water partition coefficient (Wildman–Crippen LogP) is 6.26. The number of amides is 2. The Bertz CT molecular complexity index is 1200. The first-order valence-electron chi connectivity index (χ1n) is 12.8. The molecule has 4 unspecified atom stereocenters. The molecule has 9 heteroatoms. The van der Waals surface area contributed by atoms with E-state index in [9.17, 15) is 18.8 Å². The number of hydrogen-bond donors (Lipinski definition) is 1. The van der Waals surface area contributed by atoms with Gasteiger partial charge in [-0.05, 0) is 68.0 Å². The molecular weight excluding hydrogens is 499 g/mol. The van der Waals surface area contributed by atoms with E-state index in [2.05, 4.69) is 0 Å². The topological polar surface area (TPSA) is 87.2 Å². The lowest BCUT2D eigenvalue weighted by molar-refractivity contribution is -0.142. The van der Waals surface area contributed by atoms with Crippen LogP contribution < -0.4 is 4.90 Å². The summed E-state index contributed by atoms with van der Waals surface area (Å²) < 4.78 is 19.2. The van der Waals surface area contributed by atoms with Crippen LogP contribution >= 0.6 is 11.6 Å². The minimum absolute atomic E-state index is 0.00303. The lowest BCUT2D eigenvalue weighted by atomic mass is 9.81. The Labute approximate surface area is 220 Å². The van der Waals surface area contributed by atoms with Crippen molar-refractivity contribution in [2.75, 3.05) is 4.90 Å². The molecule has 196 valence electrons. The summed E-state index contributed by atoms with van der Waals surface area (Å²) in [5.74, 6) is -1.53. The Kier molecular flexibility index (Phi) is 7.12. The average Bonchev–Trinajstić information content (AvgIpc) is 3.58. The molecule has 0 spiro atoms. The molecule has 2 fully saturated rings. The number of anilines is 1. The normalized spacial score (nSPS) is 23.1. The maximum atomic E-state index is 13.6. The number of carboxylic acids is 1. The van der Waals surface area contributed by atoms with Crippen LogP contribution in [-0.2, 0) is 14.3 Å². The zero-order chi connectivity index (χ0) is 26.3. The Balaban J connectivity index is 1.49. The molecule has 3 aliphatic rings. The summed E-state index contributed by atoms with van der Waals surface area (Å²) in [7, 11) is 0. The minimum atomic E-state index is -0.997. The second-order valence-electron chi connectivity index (χ2n) is 10.2. The third-order valence-corrected chi connectivity index (χ3v) is 7.97. The SMILES string of the molecule is CC(OC(=O)N1c2cc(Cl)ccc2C(N(C(=O)CCC(=O)O)C2CC2)C2CCCC21)c1ccc(F)cc1. The van der Waals surface area contributed by atoms with Crippen LogP contribution in [0.5, 0.6) is 0 Å². The molecule has 0 bridgehead atoms. The number of aliphatic carboxylic acids is 1. The van der Waals surface area contributed by atoms with Gasteiger partial charge in [0.15, 0.2) is 0 Å². The van der Waals surface area contributed by atoms with E-state index in [0.717, 1.165) is 37.7 Å². The monoisotopic (exact) mass is 528 g/mol. The Hall–Kier alpha value is -3.13. The summed E-state index contributed by atoms with van der Waals surface area (Å²) in [4.78, 5) is 41.7. The van der Waals surface area contributed by atoms with Gasteiger partial charge in [0.1, 0.15) is 11.9 Å². The first kappa shape index (κ1) is 25.5. The fourth-order valence-electron chi connectivity index (χ4n) is 5.92. The van der Waals surface area contributed by atoms with Gasteiger partial charge < -0.3 is 14.7 Å².